The van der Waals surface area contributed by atoms with Gasteiger partial charge in [0.15, 0.2) is 17.4 Å². The molecule has 1 aromatic carbocycles. The molecule has 100 valence electrons. The van der Waals surface area contributed by atoms with Crippen LogP contribution in [-0.4, -0.2) is 18.6 Å². The number of halogens is 5. The molecule has 0 unspecified atom stereocenters. The van der Waals surface area contributed by atoms with E-state index in [1.54, 1.807) is 6.92 Å². The van der Waals surface area contributed by atoms with Crippen LogP contribution in [-0.2, 0) is 0 Å². The Morgan fingerprint density at radius 2 is 1.72 bits per heavy atom. The number of alkyl halides is 3. The zero-order valence-electron chi connectivity index (χ0n) is 9.28. The summed E-state index contributed by atoms with van der Waals surface area (Å²) in [6, 6.07) is 0.619. The Kier molecular flexibility index (Phi) is 4.26. The molecule has 0 aromatic heterocycles. The van der Waals surface area contributed by atoms with Gasteiger partial charge in [0, 0.05) is 5.56 Å². The topological polar surface area (TPSA) is 26.3 Å². The summed E-state index contributed by atoms with van der Waals surface area (Å²) in [6.45, 7) is 1.71. The van der Waals surface area contributed by atoms with Crippen LogP contribution in [0.5, 0.6) is 5.75 Å². The predicted molar refractivity (Wildman–Crippen MR) is 52.5 cm³/mol. The Morgan fingerprint density at radius 1 is 1.22 bits per heavy atom. The number of carbonyl (C=O) groups excluding carboxylic acids is 1. The molecule has 0 saturated heterocycles. The van der Waals surface area contributed by atoms with Gasteiger partial charge in [-0.15, -0.1) is 0 Å². The molecule has 0 aliphatic rings. The minimum Gasteiger partial charge on any atom is -0.488 e. The molecule has 18 heavy (non-hydrogen) atoms. The number of ether oxygens (including phenoxy) is 1. The van der Waals surface area contributed by atoms with Gasteiger partial charge in [-0.05, 0) is 18.6 Å². The summed E-state index contributed by atoms with van der Waals surface area (Å²) < 4.78 is 67.5. The average molecular weight is 268 g/mol. The van der Waals surface area contributed by atoms with E-state index in [1.807, 2.05) is 0 Å². The fourth-order valence-corrected chi connectivity index (χ4v) is 1.20. The van der Waals surface area contributed by atoms with Crippen LogP contribution in [0.1, 0.15) is 23.7 Å². The van der Waals surface area contributed by atoms with Gasteiger partial charge in [-0.2, -0.15) is 13.2 Å². The van der Waals surface area contributed by atoms with E-state index >= 15 is 0 Å². The van der Waals surface area contributed by atoms with E-state index in [9.17, 15) is 26.7 Å². The molecule has 0 aliphatic carbocycles. The van der Waals surface area contributed by atoms with Crippen LogP contribution in [0, 0.1) is 11.6 Å². The number of hydrogen-bond acceptors (Lipinski definition) is 2. The molecule has 0 saturated carbocycles. The van der Waals surface area contributed by atoms with Crippen molar-refractivity contribution in [3.8, 4) is 5.75 Å². The molecule has 0 atom stereocenters. The van der Waals surface area contributed by atoms with E-state index in [2.05, 4.69) is 0 Å². The summed E-state index contributed by atoms with van der Waals surface area (Å²) in [7, 11) is 0. The van der Waals surface area contributed by atoms with E-state index in [-0.39, 0.29) is 6.61 Å². The van der Waals surface area contributed by atoms with Crippen LogP contribution in [0.2, 0.25) is 0 Å². The van der Waals surface area contributed by atoms with Gasteiger partial charge in [-0.1, -0.05) is 6.92 Å². The maximum Gasteiger partial charge on any atom is 0.454 e. The smallest absolute Gasteiger partial charge is 0.454 e. The van der Waals surface area contributed by atoms with Gasteiger partial charge in [0.25, 0.3) is 5.78 Å². The molecule has 0 bridgehead atoms. The van der Waals surface area contributed by atoms with E-state index < -0.39 is 34.9 Å². The molecule has 0 heterocycles. The molecule has 1 rings (SSSR count). The first-order valence-corrected chi connectivity index (χ1v) is 5.00. The molecule has 1 aromatic rings. The predicted octanol–water partition coefficient (Wildman–Crippen LogP) is 3.50. The molecule has 0 amide bonds. The van der Waals surface area contributed by atoms with Crippen LogP contribution >= 0.6 is 0 Å². The fraction of sp³-hybridized carbons (Fsp3) is 0.364. The highest BCUT2D eigenvalue weighted by Gasteiger charge is 2.40. The third-order valence-corrected chi connectivity index (χ3v) is 1.97. The van der Waals surface area contributed by atoms with E-state index in [0.717, 1.165) is 0 Å². The van der Waals surface area contributed by atoms with Crippen molar-refractivity contribution in [3.05, 3.63) is 29.3 Å². The molecule has 0 radical (unpaired) electrons. The second-order valence-corrected chi connectivity index (χ2v) is 3.44. The van der Waals surface area contributed by atoms with Crippen molar-refractivity contribution in [1.82, 2.24) is 0 Å². The Morgan fingerprint density at radius 3 is 2.11 bits per heavy atom. The lowest BCUT2D eigenvalue weighted by Gasteiger charge is -2.10. The Hall–Kier alpha value is -1.66. The van der Waals surface area contributed by atoms with Crippen molar-refractivity contribution in [2.75, 3.05) is 6.61 Å². The average Bonchev–Trinajstić information content (AvgIpc) is 2.25. The van der Waals surface area contributed by atoms with Gasteiger partial charge in [0.1, 0.15) is 0 Å². The number of hydrogen-bond donors (Lipinski definition) is 0. The van der Waals surface area contributed by atoms with Crippen LogP contribution in [0.25, 0.3) is 0 Å². The maximum atomic E-state index is 13.3. The van der Waals surface area contributed by atoms with Crippen molar-refractivity contribution < 1.29 is 31.5 Å². The molecule has 0 aliphatic heterocycles. The normalized spacial score (nSPS) is 11.4. The fourth-order valence-electron chi connectivity index (χ4n) is 1.20. The van der Waals surface area contributed by atoms with Gasteiger partial charge < -0.3 is 4.74 Å². The molecule has 2 nitrogen and oxygen atoms in total. The van der Waals surface area contributed by atoms with Crippen LogP contribution in [0.3, 0.4) is 0 Å². The third-order valence-electron chi connectivity index (χ3n) is 1.97. The summed E-state index contributed by atoms with van der Waals surface area (Å²) in [5.74, 6) is -5.76. The minimum atomic E-state index is -5.18. The highest BCUT2D eigenvalue weighted by atomic mass is 19.4. The molecule has 0 N–H and O–H groups in total. The number of rotatable bonds is 4. The molecule has 0 spiro atoms. The quantitative estimate of drug-likeness (QED) is 0.617. The number of ketones is 1. The number of benzene rings is 1. The van der Waals surface area contributed by atoms with E-state index in [1.165, 1.54) is 0 Å². The van der Waals surface area contributed by atoms with Gasteiger partial charge in [0.2, 0.25) is 0 Å². The van der Waals surface area contributed by atoms with Gasteiger partial charge >= 0.3 is 6.18 Å². The zero-order chi connectivity index (χ0) is 13.9. The SMILES string of the molecule is CCCOc1c(F)cc(C(=O)C(F)(F)F)cc1F. The minimum absolute atomic E-state index is 0.0143. The first-order valence-electron chi connectivity index (χ1n) is 5.00. The highest BCUT2D eigenvalue weighted by Crippen LogP contribution is 2.27. The molecule has 0 fully saturated rings. The van der Waals surface area contributed by atoms with Gasteiger partial charge in [-0.3, -0.25) is 4.79 Å². The van der Waals surface area contributed by atoms with Crippen LogP contribution in [0.4, 0.5) is 22.0 Å². The maximum absolute atomic E-state index is 13.3. The second kappa shape index (κ2) is 5.32. The first-order chi connectivity index (χ1) is 8.27. The highest BCUT2D eigenvalue weighted by molar-refractivity contribution is 6.00. The molecule has 7 heteroatoms. The van der Waals surface area contributed by atoms with Crippen molar-refractivity contribution in [2.24, 2.45) is 0 Å². The molecular weight excluding hydrogens is 259 g/mol. The molecular formula is C11H9F5O2. The van der Waals surface area contributed by atoms with Gasteiger partial charge in [-0.25, -0.2) is 8.78 Å². The van der Waals surface area contributed by atoms with Crippen molar-refractivity contribution in [1.29, 1.82) is 0 Å². The van der Waals surface area contributed by atoms with Crippen LogP contribution < -0.4 is 4.74 Å². The van der Waals surface area contributed by atoms with Crippen LogP contribution in [0.15, 0.2) is 12.1 Å². The summed E-state index contributed by atoms with van der Waals surface area (Å²) in [6.07, 6.45) is -4.70. The van der Waals surface area contributed by atoms with Crippen molar-refractivity contribution >= 4 is 5.78 Å². The number of Topliss-reactive ketones (excluding diaryl/α,β-unsaturated/α-hetero) is 1. The Bertz CT molecular complexity index is 430. The lowest BCUT2D eigenvalue weighted by molar-refractivity contribution is -0.0885. The Balaban J connectivity index is 3.10. The van der Waals surface area contributed by atoms with Crippen molar-refractivity contribution in [3.63, 3.8) is 0 Å². The summed E-state index contributed by atoms with van der Waals surface area (Å²) in [4.78, 5) is 10.8. The lowest BCUT2D eigenvalue weighted by atomic mass is 10.1. The summed E-state index contributed by atoms with van der Waals surface area (Å²) in [5.41, 5.74) is -1.10. The third kappa shape index (κ3) is 3.18. The second-order valence-electron chi connectivity index (χ2n) is 3.44. The largest absolute Gasteiger partial charge is 0.488 e. The van der Waals surface area contributed by atoms with Crippen molar-refractivity contribution in [2.45, 2.75) is 19.5 Å². The zero-order valence-corrected chi connectivity index (χ0v) is 9.28. The summed E-state index contributed by atoms with van der Waals surface area (Å²) in [5, 5.41) is 0. The van der Waals surface area contributed by atoms with Gasteiger partial charge in [0.05, 0.1) is 6.61 Å². The summed E-state index contributed by atoms with van der Waals surface area (Å²) >= 11 is 0. The Labute approximate surface area is 99.4 Å². The first kappa shape index (κ1) is 14.4. The lowest BCUT2D eigenvalue weighted by Crippen LogP contribution is -2.23. The number of carbonyl (C=O) groups is 1. The van der Waals surface area contributed by atoms with E-state index in [0.29, 0.717) is 18.6 Å². The monoisotopic (exact) mass is 268 g/mol. The standard InChI is InChI=1S/C11H9F5O2/c1-2-3-18-9-7(12)4-6(5-8(9)13)10(17)11(14,15)16/h4-5H,2-3H2,1H3. The van der Waals surface area contributed by atoms with E-state index in [4.69, 9.17) is 4.74 Å².